The molecule has 7 heteroatoms. The second-order valence-electron chi connectivity index (χ2n) is 6.54. The maximum atomic E-state index is 14.6. The molecule has 1 saturated carbocycles. The Bertz CT molecular complexity index is 988. The first-order valence-electron chi connectivity index (χ1n) is 8.57. The molecule has 3 aromatic rings. The molecule has 1 amide bonds. The third-order valence-electron chi connectivity index (χ3n) is 5.03. The largest absolute Gasteiger partial charge is 0.381 e. The number of hydrogen-bond acceptors (Lipinski definition) is 4. The van der Waals surface area contributed by atoms with E-state index in [0.717, 1.165) is 19.3 Å². The van der Waals surface area contributed by atoms with Gasteiger partial charge in [0.1, 0.15) is 5.82 Å². The van der Waals surface area contributed by atoms with Crippen LogP contribution in [0.4, 0.5) is 14.5 Å². The summed E-state index contributed by atoms with van der Waals surface area (Å²) in [6, 6.07) is 7.36. The fraction of sp³-hybridized carbons (Fsp3) is 0.250. The average Bonchev–Trinajstić information content (AvgIpc) is 2.64. The topological polar surface area (TPSA) is 55.3 Å². The molecule has 138 valence electrons. The molecule has 0 radical (unpaired) electrons. The summed E-state index contributed by atoms with van der Waals surface area (Å²) in [5.41, 5.74) is 1.83. The fourth-order valence-electron chi connectivity index (χ4n) is 3.43. The van der Waals surface area contributed by atoms with Gasteiger partial charge >= 0.3 is 0 Å². The number of anilines is 1. The second kappa shape index (κ2) is 7.00. The summed E-state index contributed by atoms with van der Waals surface area (Å²) < 4.78 is 33.0. The minimum Gasteiger partial charge on any atom is -0.381 e. The number of hydrogen-bond donors (Lipinski definition) is 0. The van der Waals surface area contributed by atoms with Gasteiger partial charge in [-0.05, 0) is 37.1 Å². The van der Waals surface area contributed by atoms with E-state index in [0.29, 0.717) is 22.2 Å². The number of amides is 1. The molecule has 27 heavy (non-hydrogen) atoms. The quantitative estimate of drug-likeness (QED) is 0.508. The van der Waals surface area contributed by atoms with E-state index in [-0.39, 0.29) is 17.7 Å². The van der Waals surface area contributed by atoms with Crippen molar-refractivity contribution in [1.82, 2.24) is 9.97 Å². The van der Waals surface area contributed by atoms with Crippen LogP contribution in [0.3, 0.4) is 0 Å². The predicted molar refractivity (Wildman–Crippen MR) is 97.3 cm³/mol. The van der Waals surface area contributed by atoms with E-state index in [1.54, 1.807) is 30.3 Å². The van der Waals surface area contributed by atoms with Crippen LogP contribution in [0.15, 0.2) is 42.7 Å². The van der Waals surface area contributed by atoms with Crippen LogP contribution in [0.2, 0.25) is 0 Å². The van der Waals surface area contributed by atoms with Gasteiger partial charge in [-0.2, -0.15) is 4.39 Å². The highest BCUT2D eigenvalue weighted by Crippen LogP contribution is 2.36. The van der Waals surface area contributed by atoms with Crippen molar-refractivity contribution in [1.29, 1.82) is 0 Å². The average molecular weight is 369 g/mol. The van der Waals surface area contributed by atoms with Crippen molar-refractivity contribution in [3.63, 3.8) is 0 Å². The first-order valence-corrected chi connectivity index (χ1v) is 8.57. The summed E-state index contributed by atoms with van der Waals surface area (Å²) in [6.07, 6.45) is 5.25. The van der Waals surface area contributed by atoms with Crippen molar-refractivity contribution in [2.45, 2.75) is 25.0 Å². The van der Waals surface area contributed by atoms with Gasteiger partial charge in [0.25, 0.3) is 0 Å². The van der Waals surface area contributed by atoms with E-state index in [1.807, 2.05) is 0 Å². The first-order chi connectivity index (χ1) is 13.1. The van der Waals surface area contributed by atoms with Gasteiger partial charge in [0.15, 0.2) is 0 Å². The number of methoxy groups -OCH3 is 1. The zero-order valence-corrected chi connectivity index (χ0v) is 14.6. The van der Waals surface area contributed by atoms with Crippen molar-refractivity contribution < 1.29 is 18.3 Å². The fourth-order valence-corrected chi connectivity index (χ4v) is 3.43. The minimum absolute atomic E-state index is 0.0269. The Balaban J connectivity index is 1.80. The Morgan fingerprint density at radius 3 is 2.67 bits per heavy atom. The monoisotopic (exact) mass is 369 g/mol. The molecule has 0 saturated heterocycles. The number of aromatic nitrogens is 2. The normalized spacial score (nSPS) is 18.9. The molecule has 4 rings (SSSR count). The third-order valence-corrected chi connectivity index (χ3v) is 5.03. The van der Waals surface area contributed by atoms with Crippen LogP contribution in [-0.2, 0) is 9.53 Å². The molecular formula is C20H17F2N3O2. The van der Waals surface area contributed by atoms with E-state index >= 15 is 0 Å². The second-order valence-corrected chi connectivity index (χ2v) is 6.54. The minimum atomic E-state index is -0.632. The molecular weight excluding hydrogens is 352 g/mol. The number of carbonyl (C=O) groups is 1. The van der Waals surface area contributed by atoms with Crippen LogP contribution in [0.1, 0.15) is 12.8 Å². The zero-order valence-electron chi connectivity index (χ0n) is 14.6. The van der Waals surface area contributed by atoms with Gasteiger partial charge in [-0.3, -0.25) is 9.78 Å². The standard InChI is InChI=1S/C20H17F2N3O2/c1-27-14-6-13(7-14)25(11-26)19-4-5-23-18-9-17(21)15(8-16(18)19)12-2-3-20(22)24-10-12/h2-5,8-11,13-14H,6-7H2,1H3/t13-,14+. The molecule has 2 aromatic heterocycles. The highest BCUT2D eigenvalue weighted by molar-refractivity contribution is 5.99. The lowest BCUT2D eigenvalue weighted by Crippen LogP contribution is -2.47. The highest BCUT2D eigenvalue weighted by atomic mass is 19.1. The summed E-state index contributed by atoms with van der Waals surface area (Å²) >= 11 is 0. The third kappa shape index (κ3) is 3.14. The van der Waals surface area contributed by atoms with E-state index in [1.165, 1.54) is 24.4 Å². The molecule has 1 aromatic carbocycles. The predicted octanol–water partition coefficient (Wildman–Crippen LogP) is 3.72. The molecule has 0 N–H and O–H groups in total. The number of pyridine rings is 2. The molecule has 0 unspecified atom stereocenters. The lowest BCUT2D eigenvalue weighted by Gasteiger charge is -2.40. The first kappa shape index (κ1) is 17.5. The van der Waals surface area contributed by atoms with Gasteiger partial charge in [0.2, 0.25) is 12.4 Å². The van der Waals surface area contributed by atoms with Crippen LogP contribution in [0, 0.1) is 11.8 Å². The van der Waals surface area contributed by atoms with Gasteiger partial charge in [-0.1, -0.05) is 0 Å². The van der Waals surface area contributed by atoms with Crippen molar-refractivity contribution in [2.75, 3.05) is 12.0 Å². The smallest absolute Gasteiger partial charge is 0.214 e. The van der Waals surface area contributed by atoms with Crippen molar-refractivity contribution >= 4 is 23.0 Å². The number of rotatable bonds is 5. The Labute approximate surface area is 154 Å². The SMILES string of the molecule is CO[C@H]1C[C@@H](N(C=O)c2ccnc3cc(F)c(-c4ccc(F)nc4)cc23)C1. The van der Waals surface area contributed by atoms with Crippen molar-refractivity contribution in [2.24, 2.45) is 0 Å². The molecule has 1 fully saturated rings. The lowest BCUT2D eigenvalue weighted by molar-refractivity contribution is -0.108. The van der Waals surface area contributed by atoms with Gasteiger partial charge in [-0.25, -0.2) is 9.37 Å². The Morgan fingerprint density at radius 1 is 1.19 bits per heavy atom. The lowest BCUT2D eigenvalue weighted by atomic mass is 9.87. The van der Waals surface area contributed by atoms with Crippen LogP contribution < -0.4 is 4.90 Å². The van der Waals surface area contributed by atoms with Crippen LogP contribution in [0.25, 0.3) is 22.0 Å². The van der Waals surface area contributed by atoms with Gasteiger partial charge in [0.05, 0.1) is 17.3 Å². The Morgan fingerprint density at radius 2 is 2.00 bits per heavy atom. The molecule has 2 heterocycles. The molecule has 0 atom stereocenters. The molecule has 0 bridgehead atoms. The molecule has 0 spiro atoms. The van der Waals surface area contributed by atoms with Crippen LogP contribution >= 0.6 is 0 Å². The summed E-state index contributed by atoms with van der Waals surface area (Å²) in [7, 11) is 1.65. The number of nitrogens with zero attached hydrogens (tertiary/aromatic N) is 3. The molecule has 5 nitrogen and oxygen atoms in total. The number of ether oxygens (including phenoxy) is 1. The number of carbonyl (C=O) groups excluding carboxylic acids is 1. The van der Waals surface area contributed by atoms with Crippen molar-refractivity contribution in [3.05, 3.63) is 54.5 Å². The van der Waals surface area contributed by atoms with E-state index < -0.39 is 11.8 Å². The van der Waals surface area contributed by atoms with Crippen LogP contribution in [-0.4, -0.2) is 35.6 Å². The van der Waals surface area contributed by atoms with E-state index in [2.05, 4.69) is 9.97 Å². The molecule has 1 aliphatic rings. The number of benzene rings is 1. The van der Waals surface area contributed by atoms with Gasteiger partial charge < -0.3 is 9.64 Å². The summed E-state index contributed by atoms with van der Waals surface area (Å²) in [5.74, 6) is -1.12. The summed E-state index contributed by atoms with van der Waals surface area (Å²) in [5, 5.41) is 0.645. The maximum absolute atomic E-state index is 14.6. The highest BCUT2D eigenvalue weighted by Gasteiger charge is 2.34. The zero-order chi connectivity index (χ0) is 19.0. The molecule has 1 aliphatic carbocycles. The molecule has 0 aliphatic heterocycles. The summed E-state index contributed by atoms with van der Waals surface area (Å²) in [4.78, 5) is 21.2. The van der Waals surface area contributed by atoms with Gasteiger partial charge in [-0.15, -0.1) is 0 Å². The van der Waals surface area contributed by atoms with E-state index in [9.17, 15) is 13.6 Å². The maximum Gasteiger partial charge on any atom is 0.214 e. The van der Waals surface area contributed by atoms with Crippen LogP contribution in [0.5, 0.6) is 0 Å². The summed E-state index contributed by atoms with van der Waals surface area (Å²) in [6.45, 7) is 0. The van der Waals surface area contributed by atoms with Crippen molar-refractivity contribution in [3.8, 4) is 11.1 Å². The Hall–Kier alpha value is -2.93. The van der Waals surface area contributed by atoms with Gasteiger partial charge in [0, 0.05) is 48.1 Å². The Kier molecular flexibility index (Phi) is 4.53. The number of halogens is 2. The number of fused-ring (bicyclic) bond motifs is 1. The van der Waals surface area contributed by atoms with E-state index in [4.69, 9.17) is 4.74 Å².